The van der Waals surface area contributed by atoms with Crippen LogP contribution in [-0.4, -0.2) is 30.8 Å². The average Bonchev–Trinajstić information content (AvgIpc) is 3.04. The fourth-order valence-corrected chi connectivity index (χ4v) is 2.96. The molecule has 2 unspecified atom stereocenters. The Labute approximate surface area is 108 Å². The van der Waals surface area contributed by atoms with Gasteiger partial charge in [-0.05, 0) is 31.7 Å². The summed E-state index contributed by atoms with van der Waals surface area (Å²) in [6.07, 6.45) is 7.20. The van der Waals surface area contributed by atoms with Gasteiger partial charge in [0.1, 0.15) is 0 Å². The lowest BCUT2D eigenvalue weighted by molar-refractivity contribution is 0.0513. The zero-order valence-electron chi connectivity index (χ0n) is 10.7. The number of hydrogen-bond acceptors (Lipinski definition) is 4. The van der Waals surface area contributed by atoms with Crippen LogP contribution < -0.4 is 5.32 Å². The van der Waals surface area contributed by atoms with E-state index < -0.39 is 0 Å². The summed E-state index contributed by atoms with van der Waals surface area (Å²) in [5.74, 6) is 0.766. The first-order valence-corrected chi connectivity index (χ1v) is 7.36. The van der Waals surface area contributed by atoms with Crippen LogP contribution in [0, 0.1) is 5.92 Å². The Morgan fingerprint density at radius 3 is 2.94 bits per heavy atom. The first-order valence-electron chi connectivity index (χ1n) is 6.48. The second-order valence-corrected chi connectivity index (χ2v) is 5.74. The maximum atomic E-state index is 5.70. The molecule has 0 bridgehead atoms. The van der Waals surface area contributed by atoms with E-state index in [2.05, 4.69) is 17.2 Å². The third-order valence-electron chi connectivity index (χ3n) is 3.32. The summed E-state index contributed by atoms with van der Waals surface area (Å²) in [6.45, 7) is 3.27. The van der Waals surface area contributed by atoms with Gasteiger partial charge in [-0.1, -0.05) is 6.92 Å². The molecule has 1 aromatic heterocycles. The van der Waals surface area contributed by atoms with E-state index >= 15 is 0 Å². The summed E-state index contributed by atoms with van der Waals surface area (Å²) in [5.41, 5.74) is 1.91. The van der Waals surface area contributed by atoms with Crippen LogP contribution in [0.5, 0.6) is 0 Å². The molecular formula is C13H22N2OS. The van der Waals surface area contributed by atoms with Crippen LogP contribution in [-0.2, 0) is 11.2 Å². The summed E-state index contributed by atoms with van der Waals surface area (Å²) in [4.78, 5) is 5.50. The molecule has 0 radical (unpaired) electrons. The predicted molar refractivity (Wildman–Crippen MR) is 71.4 cm³/mol. The largest absolute Gasteiger partial charge is 0.380 e. The van der Waals surface area contributed by atoms with Gasteiger partial charge in [0.05, 0.1) is 11.6 Å². The molecule has 0 aromatic carbocycles. The van der Waals surface area contributed by atoms with Crippen molar-refractivity contribution in [3.05, 3.63) is 16.6 Å². The number of rotatable bonds is 8. The first-order chi connectivity index (χ1) is 8.35. The molecule has 1 fully saturated rings. The van der Waals surface area contributed by atoms with E-state index in [1.807, 2.05) is 18.8 Å². The molecule has 1 N–H and O–H groups in total. The van der Waals surface area contributed by atoms with E-state index in [9.17, 15) is 0 Å². The van der Waals surface area contributed by atoms with Crippen LogP contribution >= 0.6 is 11.3 Å². The van der Waals surface area contributed by atoms with Crippen molar-refractivity contribution in [3.8, 4) is 0 Å². The zero-order valence-corrected chi connectivity index (χ0v) is 11.5. The molecule has 0 amide bonds. The molecule has 1 aromatic rings. The standard InChI is InChI=1S/C13H22N2OS/c1-3-6-15-12(7-11-8-14-9-17-11)13(16-2)10-4-5-10/h8-10,12-13,15H,3-7H2,1-2H3. The van der Waals surface area contributed by atoms with Crippen LogP contribution in [0.25, 0.3) is 0 Å². The maximum Gasteiger partial charge on any atom is 0.0794 e. The molecular weight excluding hydrogens is 232 g/mol. The van der Waals surface area contributed by atoms with Gasteiger partial charge in [0.25, 0.3) is 0 Å². The molecule has 0 aliphatic heterocycles. The highest BCUT2D eigenvalue weighted by Crippen LogP contribution is 2.36. The molecule has 17 heavy (non-hydrogen) atoms. The number of thiazole rings is 1. The fourth-order valence-electron chi connectivity index (χ4n) is 2.30. The van der Waals surface area contributed by atoms with Gasteiger partial charge in [-0.15, -0.1) is 11.3 Å². The summed E-state index contributed by atoms with van der Waals surface area (Å²) in [5, 5.41) is 3.63. The highest BCUT2D eigenvalue weighted by molar-refractivity contribution is 7.09. The number of aromatic nitrogens is 1. The molecule has 2 rings (SSSR count). The van der Waals surface area contributed by atoms with Crippen LogP contribution in [0.1, 0.15) is 31.1 Å². The Morgan fingerprint density at radius 2 is 2.41 bits per heavy atom. The van der Waals surface area contributed by atoms with E-state index in [1.165, 1.54) is 24.1 Å². The van der Waals surface area contributed by atoms with Crippen molar-refractivity contribution in [3.63, 3.8) is 0 Å². The van der Waals surface area contributed by atoms with Crippen LogP contribution in [0.15, 0.2) is 11.7 Å². The first kappa shape index (κ1) is 13.0. The van der Waals surface area contributed by atoms with Gasteiger partial charge in [-0.25, -0.2) is 0 Å². The number of nitrogens with zero attached hydrogens (tertiary/aromatic N) is 1. The van der Waals surface area contributed by atoms with Gasteiger partial charge in [0.2, 0.25) is 0 Å². The Bertz CT molecular complexity index is 311. The van der Waals surface area contributed by atoms with Crippen molar-refractivity contribution in [1.29, 1.82) is 0 Å². The second-order valence-electron chi connectivity index (χ2n) is 4.77. The van der Waals surface area contributed by atoms with Crippen LogP contribution in [0.2, 0.25) is 0 Å². The number of nitrogens with one attached hydrogen (secondary N) is 1. The van der Waals surface area contributed by atoms with E-state index in [0.717, 1.165) is 18.9 Å². The Hall–Kier alpha value is -0.450. The number of ether oxygens (including phenoxy) is 1. The van der Waals surface area contributed by atoms with Gasteiger partial charge in [0, 0.05) is 30.6 Å². The van der Waals surface area contributed by atoms with Crippen LogP contribution in [0.3, 0.4) is 0 Å². The fraction of sp³-hybridized carbons (Fsp3) is 0.769. The van der Waals surface area contributed by atoms with Crippen molar-refractivity contribution in [2.75, 3.05) is 13.7 Å². The van der Waals surface area contributed by atoms with Gasteiger partial charge < -0.3 is 10.1 Å². The minimum absolute atomic E-state index is 0.364. The zero-order chi connectivity index (χ0) is 12.1. The van der Waals surface area contributed by atoms with E-state index in [1.54, 1.807) is 11.3 Å². The Kier molecular flexibility index (Phi) is 4.95. The van der Waals surface area contributed by atoms with E-state index in [4.69, 9.17) is 4.74 Å². The lowest BCUT2D eigenvalue weighted by atomic mass is 10.0. The number of hydrogen-bond donors (Lipinski definition) is 1. The van der Waals surface area contributed by atoms with Crippen molar-refractivity contribution in [1.82, 2.24) is 10.3 Å². The smallest absolute Gasteiger partial charge is 0.0794 e. The lowest BCUT2D eigenvalue weighted by Crippen LogP contribution is -2.44. The average molecular weight is 254 g/mol. The normalized spacial score (nSPS) is 19.2. The number of methoxy groups -OCH3 is 1. The topological polar surface area (TPSA) is 34.2 Å². The van der Waals surface area contributed by atoms with Crippen molar-refractivity contribution < 1.29 is 4.74 Å². The summed E-state index contributed by atoms with van der Waals surface area (Å²) in [6, 6.07) is 0.438. The SMILES string of the molecule is CCCNC(Cc1cncs1)C(OC)C1CC1. The summed E-state index contributed by atoms with van der Waals surface area (Å²) < 4.78 is 5.70. The monoisotopic (exact) mass is 254 g/mol. The lowest BCUT2D eigenvalue weighted by Gasteiger charge is -2.26. The molecule has 4 heteroatoms. The predicted octanol–water partition coefficient (Wildman–Crippen LogP) is 2.48. The van der Waals surface area contributed by atoms with Crippen molar-refractivity contribution >= 4 is 11.3 Å². The van der Waals surface area contributed by atoms with Gasteiger partial charge in [-0.3, -0.25) is 4.98 Å². The summed E-state index contributed by atoms with van der Waals surface area (Å²) >= 11 is 1.74. The molecule has 3 nitrogen and oxygen atoms in total. The highest BCUT2D eigenvalue weighted by atomic mass is 32.1. The molecule has 0 saturated heterocycles. The van der Waals surface area contributed by atoms with E-state index in [-0.39, 0.29) is 0 Å². The van der Waals surface area contributed by atoms with E-state index in [0.29, 0.717) is 12.1 Å². The molecule has 96 valence electrons. The van der Waals surface area contributed by atoms with Gasteiger partial charge >= 0.3 is 0 Å². The van der Waals surface area contributed by atoms with Gasteiger partial charge in [-0.2, -0.15) is 0 Å². The maximum absolute atomic E-state index is 5.70. The third kappa shape index (κ3) is 3.76. The quantitative estimate of drug-likeness (QED) is 0.774. The molecule has 1 heterocycles. The molecule has 1 aliphatic carbocycles. The highest BCUT2D eigenvalue weighted by Gasteiger charge is 2.36. The second kappa shape index (κ2) is 6.47. The third-order valence-corrected chi connectivity index (χ3v) is 4.12. The summed E-state index contributed by atoms with van der Waals surface area (Å²) in [7, 11) is 1.84. The molecule has 1 saturated carbocycles. The molecule has 2 atom stereocenters. The minimum atomic E-state index is 0.364. The Balaban J connectivity index is 1.95. The molecule has 0 spiro atoms. The van der Waals surface area contributed by atoms with Gasteiger partial charge in [0.15, 0.2) is 0 Å². The van der Waals surface area contributed by atoms with Crippen molar-refractivity contribution in [2.45, 2.75) is 44.8 Å². The van der Waals surface area contributed by atoms with Crippen molar-refractivity contribution in [2.24, 2.45) is 5.92 Å². The van der Waals surface area contributed by atoms with Crippen LogP contribution in [0.4, 0.5) is 0 Å². The Morgan fingerprint density at radius 1 is 1.59 bits per heavy atom. The molecule has 1 aliphatic rings. The minimum Gasteiger partial charge on any atom is -0.380 e.